The minimum atomic E-state index is 0.620. The van der Waals surface area contributed by atoms with Crippen LogP contribution in [0.15, 0.2) is 42.5 Å². The summed E-state index contributed by atoms with van der Waals surface area (Å²) < 4.78 is 10.4. The number of nitriles is 1. The first-order valence-corrected chi connectivity index (χ1v) is 6.51. The molecule has 0 fully saturated rings. The average molecular weight is 278 g/mol. The third-order valence-corrected chi connectivity index (χ3v) is 3.50. The van der Waals surface area contributed by atoms with Gasteiger partial charge < -0.3 is 14.5 Å². The zero-order valence-corrected chi connectivity index (χ0v) is 11.8. The van der Waals surface area contributed by atoms with Crippen molar-refractivity contribution < 1.29 is 9.47 Å². The average Bonchev–Trinajstić information content (AvgIpc) is 2.92. The molecule has 2 aromatic carbocycles. The number of nitrogens with zero attached hydrogens (tertiary/aromatic N) is 1. The molecule has 4 nitrogen and oxygen atoms in total. The van der Waals surface area contributed by atoms with E-state index in [0.29, 0.717) is 5.56 Å². The normalized spacial score (nSPS) is 10.3. The molecule has 0 aliphatic carbocycles. The van der Waals surface area contributed by atoms with Gasteiger partial charge in [0, 0.05) is 10.9 Å². The van der Waals surface area contributed by atoms with Crippen LogP contribution in [0, 0.1) is 11.3 Å². The van der Waals surface area contributed by atoms with Crippen molar-refractivity contribution in [1.82, 2.24) is 4.98 Å². The largest absolute Gasteiger partial charge is 0.497 e. The van der Waals surface area contributed by atoms with Crippen molar-refractivity contribution in [3.8, 4) is 28.8 Å². The van der Waals surface area contributed by atoms with Gasteiger partial charge >= 0.3 is 0 Å². The fourth-order valence-corrected chi connectivity index (χ4v) is 2.39. The number of hydrogen-bond donors (Lipinski definition) is 1. The van der Waals surface area contributed by atoms with Crippen molar-refractivity contribution in [2.24, 2.45) is 0 Å². The Morgan fingerprint density at radius 1 is 0.952 bits per heavy atom. The Labute approximate surface area is 122 Å². The van der Waals surface area contributed by atoms with Crippen LogP contribution >= 0.6 is 0 Å². The van der Waals surface area contributed by atoms with Crippen LogP contribution < -0.4 is 9.47 Å². The van der Waals surface area contributed by atoms with Crippen LogP contribution in [-0.4, -0.2) is 19.2 Å². The van der Waals surface area contributed by atoms with E-state index in [4.69, 9.17) is 9.47 Å². The molecule has 21 heavy (non-hydrogen) atoms. The van der Waals surface area contributed by atoms with Crippen LogP contribution in [0.5, 0.6) is 11.5 Å². The van der Waals surface area contributed by atoms with E-state index in [1.54, 1.807) is 14.2 Å². The lowest BCUT2D eigenvalue weighted by Gasteiger charge is -2.02. The molecule has 0 aliphatic rings. The van der Waals surface area contributed by atoms with Crippen LogP contribution in [0.25, 0.3) is 22.2 Å². The van der Waals surface area contributed by atoms with Crippen LogP contribution in [0.3, 0.4) is 0 Å². The summed E-state index contributed by atoms with van der Waals surface area (Å²) in [7, 11) is 3.25. The minimum Gasteiger partial charge on any atom is -0.497 e. The molecule has 1 N–H and O–H groups in total. The molecule has 0 atom stereocenters. The second-order valence-corrected chi connectivity index (χ2v) is 4.63. The maximum absolute atomic E-state index is 9.50. The topological polar surface area (TPSA) is 58.0 Å². The number of benzene rings is 2. The van der Waals surface area contributed by atoms with Crippen LogP contribution in [0.4, 0.5) is 0 Å². The van der Waals surface area contributed by atoms with E-state index in [1.165, 1.54) is 0 Å². The number of H-pyrrole nitrogens is 1. The van der Waals surface area contributed by atoms with Crippen molar-refractivity contribution in [2.75, 3.05) is 14.2 Å². The fraction of sp³-hybridized carbons (Fsp3) is 0.118. The Hall–Kier alpha value is -2.93. The first-order valence-electron chi connectivity index (χ1n) is 6.51. The van der Waals surface area contributed by atoms with Crippen LogP contribution in [-0.2, 0) is 0 Å². The SMILES string of the molecule is COc1ccc(-c2[nH]c3ccc(OC)cc3c2C#N)cc1. The van der Waals surface area contributed by atoms with E-state index < -0.39 is 0 Å². The Morgan fingerprint density at radius 2 is 1.62 bits per heavy atom. The molecule has 104 valence electrons. The fourth-order valence-electron chi connectivity index (χ4n) is 2.39. The quantitative estimate of drug-likeness (QED) is 0.794. The molecule has 0 radical (unpaired) electrons. The Kier molecular flexibility index (Phi) is 3.25. The molecule has 0 saturated carbocycles. The van der Waals surface area contributed by atoms with Crippen molar-refractivity contribution in [2.45, 2.75) is 0 Å². The Balaban J connectivity index is 2.19. The van der Waals surface area contributed by atoms with Gasteiger partial charge in [-0.05, 0) is 48.0 Å². The molecule has 0 spiro atoms. The van der Waals surface area contributed by atoms with E-state index >= 15 is 0 Å². The molecule has 1 aromatic heterocycles. The van der Waals surface area contributed by atoms with Crippen LogP contribution in [0.1, 0.15) is 5.56 Å². The van der Waals surface area contributed by atoms with Gasteiger partial charge in [0.2, 0.25) is 0 Å². The summed E-state index contributed by atoms with van der Waals surface area (Å²) in [5.41, 5.74) is 3.29. The number of fused-ring (bicyclic) bond motifs is 1. The maximum Gasteiger partial charge on any atom is 0.119 e. The van der Waals surface area contributed by atoms with Gasteiger partial charge in [0.15, 0.2) is 0 Å². The summed E-state index contributed by atoms with van der Waals surface area (Å²) in [5, 5.41) is 10.4. The summed E-state index contributed by atoms with van der Waals surface area (Å²) in [5.74, 6) is 1.52. The zero-order valence-electron chi connectivity index (χ0n) is 11.8. The van der Waals surface area contributed by atoms with Gasteiger partial charge in [-0.25, -0.2) is 0 Å². The summed E-state index contributed by atoms with van der Waals surface area (Å²) in [4.78, 5) is 3.30. The number of ether oxygens (including phenoxy) is 2. The number of methoxy groups -OCH3 is 2. The maximum atomic E-state index is 9.50. The molecule has 0 saturated heterocycles. The molecular weight excluding hydrogens is 264 g/mol. The minimum absolute atomic E-state index is 0.620. The highest BCUT2D eigenvalue weighted by Gasteiger charge is 2.13. The number of rotatable bonds is 3. The lowest BCUT2D eigenvalue weighted by atomic mass is 10.1. The summed E-state index contributed by atoms with van der Waals surface area (Å²) in [6.45, 7) is 0. The molecule has 3 rings (SSSR count). The van der Waals surface area contributed by atoms with Crippen LogP contribution in [0.2, 0.25) is 0 Å². The number of nitrogens with one attached hydrogen (secondary N) is 1. The van der Waals surface area contributed by atoms with E-state index in [-0.39, 0.29) is 0 Å². The summed E-state index contributed by atoms with van der Waals surface area (Å²) >= 11 is 0. The predicted octanol–water partition coefficient (Wildman–Crippen LogP) is 3.72. The Morgan fingerprint density at radius 3 is 2.24 bits per heavy atom. The van der Waals surface area contributed by atoms with Gasteiger partial charge in [0.1, 0.15) is 17.6 Å². The molecule has 0 aliphatic heterocycles. The monoisotopic (exact) mass is 278 g/mol. The summed E-state index contributed by atoms with van der Waals surface area (Å²) in [6.07, 6.45) is 0. The summed E-state index contributed by atoms with van der Waals surface area (Å²) in [6, 6.07) is 15.6. The number of hydrogen-bond acceptors (Lipinski definition) is 3. The van der Waals surface area contributed by atoms with Crippen molar-refractivity contribution >= 4 is 10.9 Å². The lowest BCUT2D eigenvalue weighted by Crippen LogP contribution is -1.84. The third-order valence-electron chi connectivity index (χ3n) is 3.50. The van der Waals surface area contributed by atoms with Crippen molar-refractivity contribution in [1.29, 1.82) is 5.26 Å². The molecule has 1 heterocycles. The van der Waals surface area contributed by atoms with E-state index in [0.717, 1.165) is 33.7 Å². The predicted molar refractivity (Wildman–Crippen MR) is 81.6 cm³/mol. The number of aromatic nitrogens is 1. The second-order valence-electron chi connectivity index (χ2n) is 4.63. The third kappa shape index (κ3) is 2.19. The van der Waals surface area contributed by atoms with E-state index in [9.17, 15) is 5.26 Å². The van der Waals surface area contributed by atoms with Crippen molar-refractivity contribution in [3.05, 3.63) is 48.0 Å². The second kappa shape index (κ2) is 5.22. The van der Waals surface area contributed by atoms with Gasteiger partial charge in [-0.1, -0.05) is 0 Å². The molecule has 0 unspecified atom stereocenters. The molecule has 0 amide bonds. The highest BCUT2D eigenvalue weighted by Crippen LogP contribution is 2.32. The molecular formula is C17H14N2O2. The smallest absolute Gasteiger partial charge is 0.119 e. The highest BCUT2D eigenvalue weighted by atomic mass is 16.5. The van der Waals surface area contributed by atoms with E-state index in [2.05, 4.69) is 11.1 Å². The standard InChI is InChI=1S/C17H14N2O2/c1-20-12-5-3-11(4-6-12)17-15(10-18)14-9-13(21-2)7-8-16(14)19-17/h3-9,19H,1-2H3. The van der Waals surface area contributed by atoms with Gasteiger partial charge in [-0.15, -0.1) is 0 Å². The number of aromatic amines is 1. The van der Waals surface area contributed by atoms with E-state index in [1.807, 2.05) is 42.5 Å². The zero-order chi connectivity index (χ0) is 14.8. The first-order chi connectivity index (χ1) is 10.3. The van der Waals surface area contributed by atoms with Gasteiger partial charge in [-0.3, -0.25) is 0 Å². The lowest BCUT2D eigenvalue weighted by molar-refractivity contribution is 0.415. The molecule has 4 heteroatoms. The van der Waals surface area contributed by atoms with Crippen molar-refractivity contribution in [3.63, 3.8) is 0 Å². The van der Waals surface area contributed by atoms with Gasteiger partial charge in [-0.2, -0.15) is 5.26 Å². The molecule has 3 aromatic rings. The van der Waals surface area contributed by atoms with Gasteiger partial charge in [0.05, 0.1) is 25.5 Å². The van der Waals surface area contributed by atoms with Gasteiger partial charge in [0.25, 0.3) is 0 Å². The highest BCUT2D eigenvalue weighted by molar-refractivity contribution is 5.94. The first kappa shape index (κ1) is 13.1. The molecule has 0 bridgehead atoms. The Bertz CT molecular complexity index is 826.